The first kappa shape index (κ1) is 20.3. The standard InChI is InChI=1S/C24H21N5O2S/c1-13-7-8-18(10-14(13)2)28-15(3)11-17(16(28)4)12-19-21(25)29-24(26-22(19)30)32-23(27-29)20-6-5-9-31-20/h5-12,25H,1-4H3/b19-12+,25-21?. The van der Waals surface area contributed by atoms with E-state index >= 15 is 0 Å². The molecule has 0 spiro atoms. The third-order valence-corrected chi connectivity index (χ3v) is 6.63. The van der Waals surface area contributed by atoms with Crippen molar-refractivity contribution in [1.29, 1.82) is 5.41 Å². The van der Waals surface area contributed by atoms with Crippen LogP contribution in [0, 0.1) is 33.1 Å². The van der Waals surface area contributed by atoms with Crippen LogP contribution in [0.5, 0.6) is 0 Å². The highest BCUT2D eigenvalue weighted by molar-refractivity contribution is 8.27. The van der Waals surface area contributed by atoms with Gasteiger partial charge in [-0.2, -0.15) is 15.1 Å². The number of carbonyl (C=O) groups excluding carboxylic acids is 1. The summed E-state index contributed by atoms with van der Waals surface area (Å²) in [6.45, 7) is 8.24. The molecule has 8 heteroatoms. The molecule has 7 nitrogen and oxygen atoms in total. The van der Waals surface area contributed by atoms with Gasteiger partial charge in [0.15, 0.2) is 16.6 Å². The van der Waals surface area contributed by atoms with E-state index in [9.17, 15) is 4.79 Å². The number of amidine groups is 2. The molecule has 32 heavy (non-hydrogen) atoms. The van der Waals surface area contributed by atoms with Gasteiger partial charge >= 0.3 is 0 Å². The fourth-order valence-corrected chi connectivity index (χ4v) is 4.70. The summed E-state index contributed by atoms with van der Waals surface area (Å²) in [6.07, 6.45) is 3.29. The summed E-state index contributed by atoms with van der Waals surface area (Å²) in [4.78, 5) is 16.9. The lowest BCUT2D eigenvalue weighted by Crippen LogP contribution is -2.35. The molecule has 5 rings (SSSR count). The Kier molecular flexibility index (Phi) is 4.74. The van der Waals surface area contributed by atoms with E-state index in [1.54, 1.807) is 24.5 Å². The van der Waals surface area contributed by atoms with E-state index in [2.05, 4.69) is 46.7 Å². The summed E-state index contributed by atoms with van der Waals surface area (Å²) in [5.41, 5.74) is 6.65. The average Bonchev–Trinajstić information content (AvgIpc) is 3.47. The maximum Gasteiger partial charge on any atom is 0.283 e. The summed E-state index contributed by atoms with van der Waals surface area (Å²) in [5.74, 6) is 0.139. The second-order valence-electron chi connectivity index (χ2n) is 7.83. The number of aromatic nitrogens is 1. The Morgan fingerprint density at radius 1 is 1.09 bits per heavy atom. The van der Waals surface area contributed by atoms with Crippen molar-refractivity contribution in [2.24, 2.45) is 10.1 Å². The molecule has 0 saturated carbocycles. The monoisotopic (exact) mass is 443 g/mol. The van der Waals surface area contributed by atoms with Gasteiger partial charge in [-0.05, 0) is 92.6 Å². The highest BCUT2D eigenvalue weighted by Crippen LogP contribution is 2.32. The number of aryl methyl sites for hydroxylation is 3. The Labute approximate surface area is 189 Å². The number of benzene rings is 1. The van der Waals surface area contributed by atoms with Crippen molar-refractivity contribution in [1.82, 2.24) is 9.58 Å². The first-order valence-electron chi connectivity index (χ1n) is 10.1. The number of hydrogen-bond donors (Lipinski definition) is 1. The number of furan rings is 1. The number of fused-ring (bicyclic) bond motifs is 1. The van der Waals surface area contributed by atoms with E-state index in [0.29, 0.717) is 16.0 Å². The molecule has 0 radical (unpaired) electrons. The number of carbonyl (C=O) groups is 1. The van der Waals surface area contributed by atoms with Crippen LogP contribution < -0.4 is 0 Å². The molecule has 0 fully saturated rings. The number of nitrogens with one attached hydrogen (secondary N) is 1. The Morgan fingerprint density at radius 2 is 1.91 bits per heavy atom. The van der Waals surface area contributed by atoms with Crippen molar-refractivity contribution in [2.75, 3.05) is 0 Å². The number of rotatable bonds is 3. The van der Waals surface area contributed by atoms with Gasteiger partial charge in [0, 0.05) is 17.1 Å². The molecule has 1 aromatic carbocycles. The zero-order chi connectivity index (χ0) is 22.6. The molecule has 0 unspecified atom stereocenters. The maximum atomic E-state index is 12.8. The molecule has 0 bridgehead atoms. The summed E-state index contributed by atoms with van der Waals surface area (Å²) in [5, 5.41) is 15.4. The number of hydrazone groups is 1. The molecule has 1 N–H and O–H groups in total. The fraction of sp³-hybridized carbons (Fsp3) is 0.167. The summed E-state index contributed by atoms with van der Waals surface area (Å²) < 4.78 is 7.55. The maximum absolute atomic E-state index is 12.8. The minimum atomic E-state index is -0.444. The fourth-order valence-electron chi connectivity index (χ4n) is 3.84. The number of aliphatic imine (C=N–C) groups is 1. The average molecular weight is 444 g/mol. The number of hydrogen-bond acceptors (Lipinski definition) is 5. The predicted octanol–water partition coefficient (Wildman–Crippen LogP) is 4.97. The summed E-state index contributed by atoms with van der Waals surface area (Å²) in [7, 11) is 0. The number of thioether (sulfide) groups is 1. The van der Waals surface area contributed by atoms with Crippen LogP contribution in [0.3, 0.4) is 0 Å². The van der Waals surface area contributed by atoms with E-state index in [1.165, 1.54) is 27.9 Å². The quantitative estimate of drug-likeness (QED) is 0.579. The molecule has 2 aliphatic rings. The molecule has 4 heterocycles. The SMILES string of the molecule is Cc1ccc(-n2c(C)cc(/C=C3\C(=N)N4N=C(c5ccco5)SC4=NC3=O)c2C)cc1C. The summed E-state index contributed by atoms with van der Waals surface area (Å²) >= 11 is 1.22. The van der Waals surface area contributed by atoms with Crippen LogP contribution in [0.15, 0.2) is 62.7 Å². The molecule has 2 aromatic heterocycles. The van der Waals surface area contributed by atoms with Crippen LogP contribution in [-0.4, -0.2) is 31.5 Å². The van der Waals surface area contributed by atoms with Gasteiger partial charge < -0.3 is 8.98 Å². The van der Waals surface area contributed by atoms with Gasteiger partial charge in [-0.3, -0.25) is 10.2 Å². The highest BCUT2D eigenvalue weighted by atomic mass is 32.2. The van der Waals surface area contributed by atoms with Gasteiger partial charge in [-0.15, -0.1) is 0 Å². The third-order valence-electron chi connectivity index (χ3n) is 5.71. The Morgan fingerprint density at radius 3 is 2.62 bits per heavy atom. The zero-order valence-corrected chi connectivity index (χ0v) is 18.9. The second kappa shape index (κ2) is 7.49. The smallest absolute Gasteiger partial charge is 0.283 e. The van der Waals surface area contributed by atoms with Crippen LogP contribution >= 0.6 is 11.8 Å². The van der Waals surface area contributed by atoms with Crippen LogP contribution in [0.1, 0.15) is 33.8 Å². The van der Waals surface area contributed by atoms with E-state index in [0.717, 1.165) is 22.6 Å². The second-order valence-corrected chi connectivity index (χ2v) is 8.79. The van der Waals surface area contributed by atoms with Gasteiger partial charge in [0.25, 0.3) is 5.91 Å². The molecular weight excluding hydrogens is 422 g/mol. The Balaban J connectivity index is 1.53. The van der Waals surface area contributed by atoms with Gasteiger partial charge in [-0.25, -0.2) is 0 Å². The lowest BCUT2D eigenvalue weighted by molar-refractivity contribution is -0.114. The molecule has 2 aliphatic heterocycles. The van der Waals surface area contributed by atoms with Crippen molar-refractivity contribution in [3.63, 3.8) is 0 Å². The largest absolute Gasteiger partial charge is 0.462 e. The van der Waals surface area contributed by atoms with E-state index in [4.69, 9.17) is 9.83 Å². The topological polar surface area (TPSA) is 86.9 Å². The van der Waals surface area contributed by atoms with Crippen LogP contribution in [0.2, 0.25) is 0 Å². The predicted molar refractivity (Wildman–Crippen MR) is 128 cm³/mol. The first-order valence-corrected chi connectivity index (χ1v) is 11.0. The minimum absolute atomic E-state index is 0.00467. The van der Waals surface area contributed by atoms with Gasteiger partial charge in [0.2, 0.25) is 5.17 Å². The molecule has 1 amide bonds. The van der Waals surface area contributed by atoms with Gasteiger partial charge in [-0.1, -0.05) is 6.07 Å². The molecule has 3 aromatic rings. The lowest BCUT2D eigenvalue weighted by Gasteiger charge is -2.20. The lowest BCUT2D eigenvalue weighted by atomic mass is 10.1. The molecule has 0 atom stereocenters. The Hall–Kier alpha value is -3.65. The van der Waals surface area contributed by atoms with Crippen molar-refractivity contribution in [2.45, 2.75) is 27.7 Å². The van der Waals surface area contributed by atoms with Crippen molar-refractivity contribution in [3.8, 4) is 5.69 Å². The van der Waals surface area contributed by atoms with Crippen molar-refractivity contribution < 1.29 is 9.21 Å². The normalized spacial score (nSPS) is 17.1. The Bertz CT molecular complexity index is 1380. The molecule has 160 valence electrons. The molecular formula is C24H21N5O2S. The van der Waals surface area contributed by atoms with E-state index < -0.39 is 5.91 Å². The van der Waals surface area contributed by atoms with E-state index in [-0.39, 0.29) is 11.4 Å². The number of amides is 1. The number of nitrogens with zero attached hydrogens (tertiary/aromatic N) is 4. The van der Waals surface area contributed by atoms with Crippen molar-refractivity contribution in [3.05, 3.63) is 82.1 Å². The first-order chi connectivity index (χ1) is 15.3. The molecule has 0 saturated heterocycles. The van der Waals surface area contributed by atoms with E-state index in [1.807, 2.05) is 19.9 Å². The zero-order valence-electron chi connectivity index (χ0n) is 18.1. The van der Waals surface area contributed by atoms with Crippen LogP contribution in [0.4, 0.5) is 0 Å². The minimum Gasteiger partial charge on any atom is -0.462 e. The van der Waals surface area contributed by atoms with Crippen LogP contribution in [-0.2, 0) is 4.79 Å². The highest BCUT2D eigenvalue weighted by Gasteiger charge is 2.36. The third kappa shape index (κ3) is 3.23. The van der Waals surface area contributed by atoms with Gasteiger partial charge in [0.1, 0.15) is 0 Å². The summed E-state index contributed by atoms with van der Waals surface area (Å²) in [6, 6.07) is 11.9. The van der Waals surface area contributed by atoms with Crippen LogP contribution in [0.25, 0.3) is 11.8 Å². The van der Waals surface area contributed by atoms with Gasteiger partial charge in [0.05, 0.1) is 11.8 Å². The van der Waals surface area contributed by atoms with Crippen molar-refractivity contribution >= 4 is 39.8 Å². The molecule has 0 aliphatic carbocycles.